The van der Waals surface area contributed by atoms with Gasteiger partial charge < -0.3 is 0 Å². The lowest BCUT2D eigenvalue weighted by atomic mass is 10.1. The van der Waals surface area contributed by atoms with Crippen molar-refractivity contribution in [2.75, 3.05) is 0 Å². The van der Waals surface area contributed by atoms with Gasteiger partial charge in [0.2, 0.25) is 0 Å². The fraction of sp³-hybridized carbons (Fsp3) is 0.400. The highest BCUT2D eigenvalue weighted by Gasteiger charge is 2.83. The van der Waals surface area contributed by atoms with E-state index in [0.717, 1.165) is 12.1 Å². The first-order valence-electron chi connectivity index (χ1n) is 5.04. The molecule has 0 bridgehead atoms. The molecule has 0 radical (unpaired) electrons. The lowest BCUT2D eigenvalue weighted by Crippen LogP contribution is -2.62. The minimum atomic E-state index is -7.08. The van der Waals surface area contributed by atoms with Crippen molar-refractivity contribution in [1.82, 2.24) is 0 Å². The molecule has 0 aliphatic heterocycles. The molecule has 1 aromatic rings. The number of hydrogen-bond acceptors (Lipinski definition) is 1. The van der Waals surface area contributed by atoms with E-state index in [9.17, 15) is 43.7 Å². The Balaban J connectivity index is 3.32. The standard InChI is InChI=1S/C10H4ClF9OS/c11-5-1-3-6(4-2-5)22(21)10(19,20)8(14,15)7(12,13)9(16,17)18/h1-4H. The van der Waals surface area contributed by atoms with E-state index in [1.54, 1.807) is 0 Å². The van der Waals surface area contributed by atoms with Crippen LogP contribution in [0.4, 0.5) is 39.5 Å². The molecule has 22 heavy (non-hydrogen) atoms. The molecule has 0 heterocycles. The molecule has 0 spiro atoms. The second-order valence-electron chi connectivity index (χ2n) is 3.89. The summed E-state index contributed by atoms with van der Waals surface area (Å²) in [5, 5.41) is -6.27. The zero-order chi connectivity index (χ0) is 17.6. The van der Waals surface area contributed by atoms with E-state index >= 15 is 0 Å². The Labute approximate surface area is 124 Å². The van der Waals surface area contributed by atoms with Gasteiger partial charge in [-0.05, 0) is 24.3 Å². The van der Waals surface area contributed by atoms with E-state index in [4.69, 9.17) is 11.6 Å². The summed E-state index contributed by atoms with van der Waals surface area (Å²) < 4.78 is 125. The Morgan fingerprint density at radius 3 is 1.55 bits per heavy atom. The first kappa shape index (κ1) is 19.1. The topological polar surface area (TPSA) is 17.1 Å². The van der Waals surface area contributed by atoms with Crippen LogP contribution in [0.5, 0.6) is 0 Å². The van der Waals surface area contributed by atoms with Crippen LogP contribution < -0.4 is 0 Å². The number of halogens is 10. The van der Waals surface area contributed by atoms with Crippen LogP contribution in [-0.4, -0.2) is 27.5 Å². The van der Waals surface area contributed by atoms with Crippen molar-refractivity contribution in [2.45, 2.75) is 28.2 Å². The maximum absolute atomic E-state index is 13.3. The summed E-state index contributed by atoms with van der Waals surface area (Å²) in [6.07, 6.45) is -6.95. The summed E-state index contributed by atoms with van der Waals surface area (Å²) >= 11 is 5.35. The monoisotopic (exact) mass is 378 g/mol. The molecule has 0 N–H and O–H groups in total. The average Bonchev–Trinajstić information content (AvgIpc) is 2.37. The number of benzene rings is 1. The van der Waals surface area contributed by atoms with Crippen LogP contribution in [0, 0.1) is 0 Å². The van der Waals surface area contributed by atoms with Crippen molar-refractivity contribution < 1.29 is 43.7 Å². The summed E-state index contributed by atoms with van der Waals surface area (Å²) in [6.45, 7) is 0. The second kappa shape index (κ2) is 5.59. The van der Waals surface area contributed by atoms with Gasteiger partial charge in [-0.15, -0.1) is 0 Å². The SMILES string of the molecule is O=S(c1ccc(Cl)cc1)C(F)(F)C(F)(F)C(F)(F)C(F)(F)F. The highest BCUT2D eigenvalue weighted by Crippen LogP contribution is 2.54. The molecule has 126 valence electrons. The third-order valence-corrected chi connectivity index (χ3v) is 4.05. The van der Waals surface area contributed by atoms with E-state index in [1.165, 1.54) is 0 Å². The van der Waals surface area contributed by atoms with Gasteiger partial charge in [-0.2, -0.15) is 39.5 Å². The predicted molar refractivity (Wildman–Crippen MR) is 58.8 cm³/mol. The van der Waals surface area contributed by atoms with Gasteiger partial charge in [0.05, 0.1) is 0 Å². The molecule has 1 rings (SSSR count). The zero-order valence-electron chi connectivity index (χ0n) is 9.91. The van der Waals surface area contributed by atoms with Gasteiger partial charge in [-0.1, -0.05) is 11.6 Å². The maximum atomic E-state index is 13.3. The molecule has 0 aliphatic rings. The molecule has 0 saturated carbocycles. The Morgan fingerprint density at radius 2 is 1.18 bits per heavy atom. The van der Waals surface area contributed by atoms with Gasteiger partial charge in [-0.25, -0.2) is 4.21 Å². The molecule has 1 unspecified atom stereocenters. The molecule has 1 aromatic carbocycles. The summed E-state index contributed by atoms with van der Waals surface area (Å²) in [7, 11) is -4.17. The molecule has 0 aliphatic carbocycles. The summed E-state index contributed by atoms with van der Waals surface area (Å²) in [5.41, 5.74) is 0. The van der Waals surface area contributed by atoms with E-state index in [0.29, 0.717) is 12.1 Å². The van der Waals surface area contributed by atoms with Crippen molar-refractivity contribution in [3.05, 3.63) is 29.3 Å². The molecule has 0 saturated heterocycles. The predicted octanol–water partition coefficient (Wildman–Crippen LogP) is 4.87. The molecule has 0 amide bonds. The number of alkyl halides is 9. The minimum absolute atomic E-state index is 0.0866. The molecule has 1 atom stereocenters. The van der Waals surface area contributed by atoms with Crippen molar-refractivity contribution in [3.63, 3.8) is 0 Å². The quantitative estimate of drug-likeness (QED) is 0.683. The van der Waals surface area contributed by atoms with Crippen LogP contribution in [0.25, 0.3) is 0 Å². The van der Waals surface area contributed by atoms with Gasteiger partial charge in [-0.3, -0.25) is 0 Å². The van der Waals surface area contributed by atoms with Crippen molar-refractivity contribution in [3.8, 4) is 0 Å². The summed E-state index contributed by atoms with van der Waals surface area (Å²) in [4.78, 5) is -1.09. The third kappa shape index (κ3) is 2.92. The molecule has 1 nitrogen and oxygen atoms in total. The van der Waals surface area contributed by atoms with Gasteiger partial charge in [0.1, 0.15) is 10.8 Å². The number of hydrogen-bond donors (Lipinski definition) is 0. The molecule has 12 heteroatoms. The minimum Gasteiger partial charge on any atom is -0.248 e. The molecule has 0 fully saturated rings. The summed E-state index contributed by atoms with van der Waals surface area (Å²) in [6, 6.07) is 2.72. The van der Waals surface area contributed by atoms with Gasteiger partial charge in [0.25, 0.3) is 0 Å². The van der Waals surface area contributed by atoms with Crippen molar-refractivity contribution in [2.24, 2.45) is 0 Å². The highest BCUT2D eigenvalue weighted by molar-refractivity contribution is 7.86. The number of rotatable bonds is 4. The van der Waals surface area contributed by atoms with Gasteiger partial charge in [0.15, 0.2) is 0 Å². The Hall–Kier alpha value is -0.970. The van der Waals surface area contributed by atoms with Crippen LogP contribution in [0.3, 0.4) is 0 Å². The lowest BCUT2D eigenvalue weighted by molar-refractivity contribution is -0.381. The second-order valence-corrected chi connectivity index (χ2v) is 5.84. The van der Waals surface area contributed by atoms with Crippen LogP contribution >= 0.6 is 11.6 Å². The normalized spacial score (nSPS) is 15.7. The Kier molecular flexibility index (Phi) is 4.85. The first-order chi connectivity index (χ1) is 9.66. The Morgan fingerprint density at radius 1 is 0.773 bits per heavy atom. The first-order valence-corrected chi connectivity index (χ1v) is 6.56. The van der Waals surface area contributed by atoms with Crippen molar-refractivity contribution in [1.29, 1.82) is 0 Å². The van der Waals surface area contributed by atoms with Gasteiger partial charge in [0, 0.05) is 9.92 Å². The van der Waals surface area contributed by atoms with Gasteiger partial charge >= 0.3 is 23.3 Å². The van der Waals surface area contributed by atoms with E-state index in [-0.39, 0.29) is 5.02 Å². The van der Waals surface area contributed by atoms with E-state index in [2.05, 4.69) is 0 Å². The average molecular weight is 379 g/mol. The Bertz CT molecular complexity index is 567. The van der Waals surface area contributed by atoms with E-state index < -0.39 is 39.0 Å². The summed E-state index contributed by atoms with van der Waals surface area (Å²) in [5.74, 6) is -14.0. The van der Waals surface area contributed by atoms with Crippen LogP contribution in [0.2, 0.25) is 5.02 Å². The molecular weight excluding hydrogens is 375 g/mol. The van der Waals surface area contributed by atoms with Crippen LogP contribution in [0.1, 0.15) is 0 Å². The fourth-order valence-corrected chi connectivity index (χ4v) is 2.35. The van der Waals surface area contributed by atoms with Crippen molar-refractivity contribution >= 4 is 22.4 Å². The van der Waals surface area contributed by atoms with E-state index in [1.807, 2.05) is 0 Å². The fourth-order valence-electron chi connectivity index (χ4n) is 1.18. The maximum Gasteiger partial charge on any atom is 0.460 e. The molecule has 0 aromatic heterocycles. The lowest BCUT2D eigenvalue weighted by Gasteiger charge is -2.32. The molecular formula is C10H4ClF9OS. The van der Waals surface area contributed by atoms with Crippen LogP contribution in [-0.2, 0) is 10.8 Å². The largest absolute Gasteiger partial charge is 0.460 e. The smallest absolute Gasteiger partial charge is 0.248 e. The zero-order valence-corrected chi connectivity index (χ0v) is 11.5. The van der Waals surface area contributed by atoms with Crippen LogP contribution in [0.15, 0.2) is 29.2 Å². The third-order valence-electron chi connectivity index (χ3n) is 2.38. The highest BCUT2D eigenvalue weighted by atomic mass is 35.5.